The Balaban J connectivity index is 2.30. The SMILES string of the molecule is O=c1[nH]c(=S)[nH]cc1Cc1ccc(Cl)cc1. The molecule has 1 aromatic carbocycles. The molecule has 0 saturated heterocycles. The van der Waals surface area contributed by atoms with E-state index < -0.39 is 0 Å². The van der Waals surface area contributed by atoms with Crippen LogP contribution in [0.25, 0.3) is 0 Å². The van der Waals surface area contributed by atoms with Crippen molar-refractivity contribution < 1.29 is 0 Å². The number of benzene rings is 1. The topological polar surface area (TPSA) is 48.6 Å². The van der Waals surface area contributed by atoms with Crippen LogP contribution in [-0.4, -0.2) is 9.97 Å². The summed E-state index contributed by atoms with van der Waals surface area (Å²) >= 11 is 10.6. The summed E-state index contributed by atoms with van der Waals surface area (Å²) in [6.07, 6.45) is 2.19. The summed E-state index contributed by atoms with van der Waals surface area (Å²) in [6, 6.07) is 7.39. The van der Waals surface area contributed by atoms with Crippen LogP contribution >= 0.6 is 23.8 Å². The van der Waals surface area contributed by atoms with E-state index in [1.165, 1.54) is 0 Å². The zero-order valence-corrected chi connectivity index (χ0v) is 9.86. The average molecular weight is 253 g/mol. The van der Waals surface area contributed by atoms with Crippen LogP contribution in [0.1, 0.15) is 11.1 Å². The number of hydrogen-bond donors (Lipinski definition) is 2. The number of rotatable bonds is 2. The van der Waals surface area contributed by atoms with Gasteiger partial charge in [0.2, 0.25) is 0 Å². The summed E-state index contributed by atoms with van der Waals surface area (Å²) in [6.45, 7) is 0. The van der Waals surface area contributed by atoms with E-state index in [-0.39, 0.29) is 5.56 Å². The lowest BCUT2D eigenvalue weighted by Gasteiger charge is -2.00. The van der Waals surface area contributed by atoms with Crippen LogP contribution in [0.3, 0.4) is 0 Å². The molecule has 2 aromatic rings. The summed E-state index contributed by atoms with van der Waals surface area (Å²) < 4.78 is 0.338. The van der Waals surface area contributed by atoms with Crippen molar-refractivity contribution in [2.24, 2.45) is 0 Å². The molecule has 0 atom stereocenters. The molecule has 82 valence electrons. The normalized spacial score (nSPS) is 10.3. The highest BCUT2D eigenvalue weighted by Gasteiger charge is 2.01. The van der Waals surface area contributed by atoms with Crippen molar-refractivity contribution in [2.45, 2.75) is 6.42 Å². The van der Waals surface area contributed by atoms with Crippen molar-refractivity contribution in [2.75, 3.05) is 0 Å². The number of H-pyrrole nitrogens is 2. The highest BCUT2D eigenvalue weighted by atomic mass is 35.5. The molecule has 0 fully saturated rings. The zero-order valence-electron chi connectivity index (χ0n) is 8.29. The van der Waals surface area contributed by atoms with Gasteiger partial charge in [-0.15, -0.1) is 0 Å². The zero-order chi connectivity index (χ0) is 11.5. The van der Waals surface area contributed by atoms with E-state index in [1.807, 2.05) is 12.1 Å². The van der Waals surface area contributed by atoms with Crippen molar-refractivity contribution in [3.8, 4) is 0 Å². The van der Waals surface area contributed by atoms with Crippen LogP contribution < -0.4 is 5.56 Å². The highest BCUT2D eigenvalue weighted by molar-refractivity contribution is 7.71. The first-order valence-electron chi connectivity index (χ1n) is 4.70. The molecule has 1 heterocycles. The molecule has 16 heavy (non-hydrogen) atoms. The largest absolute Gasteiger partial charge is 0.338 e. The van der Waals surface area contributed by atoms with Crippen molar-refractivity contribution in [1.82, 2.24) is 9.97 Å². The quantitative estimate of drug-likeness (QED) is 0.808. The minimum Gasteiger partial charge on any atom is -0.338 e. The Labute approximate surface area is 102 Å². The number of aromatic amines is 2. The molecule has 0 saturated carbocycles. The first-order valence-corrected chi connectivity index (χ1v) is 5.49. The van der Waals surface area contributed by atoms with Gasteiger partial charge in [-0.1, -0.05) is 23.7 Å². The molecule has 5 heteroatoms. The average Bonchev–Trinajstić information content (AvgIpc) is 2.25. The second-order valence-corrected chi connectivity index (χ2v) is 4.25. The Bertz CT molecular complexity index is 600. The third-order valence-electron chi connectivity index (χ3n) is 2.20. The molecule has 1 aromatic heterocycles. The number of hydrogen-bond acceptors (Lipinski definition) is 2. The minimum atomic E-state index is -0.154. The fourth-order valence-electron chi connectivity index (χ4n) is 1.39. The maximum Gasteiger partial charge on any atom is 0.255 e. The predicted molar refractivity (Wildman–Crippen MR) is 66.5 cm³/mol. The van der Waals surface area contributed by atoms with Gasteiger partial charge in [0.25, 0.3) is 5.56 Å². The van der Waals surface area contributed by atoms with E-state index in [9.17, 15) is 4.79 Å². The van der Waals surface area contributed by atoms with Gasteiger partial charge in [0.05, 0.1) is 0 Å². The van der Waals surface area contributed by atoms with E-state index in [1.54, 1.807) is 18.3 Å². The van der Waals surface area contributed by atoms with Crippen LogP contribution in [-0.2, 0) is 6.42 Å². The summed E-state index contributed by atoms with van der Waals surface area (Å²) in [5, 5.41) is 0.685. The lowest BCUT2D eigenvalue weighted by molar-refractivity contribution is 1.01. The molecule has 0 aliphatic carbocycles. The van der Waals surface area contributed by atoms with Crippen LogP contribution in [0.5, 0.6) is 0 Å². The van der Waals surface area contributed by atoms with Gasteiger partial charge in [-0.25, -0.2) is 0 Å². The minimum absolute atomic E-state index is 0.154. The number of nitrogens with one attached hydrogen (secondary N) is 2. The second kappa shape index (κ2) is 4.63. The van der Waals surface area contributed by atoms with Gasteiger partial charge < -0.3 is 4.98 Å². The molecule has 0 amide bonds. The summed E-state index contributed by atoms with van der Waals surface area (Å²) in [7, 11) is 0. The molecule has 0 unspecified atom stereocenters. The molecule has 2 rings (SSSR count). The number of aromatic nitrogens is 2. The van der Waals surface area contributed by atoms with Gasteiger partial charge in [0, 0.05) is 23.2 Å². The Morgan fingerprint density at radius 3 is 2.56 bits per heavy atom. The van der Waals surface area contributed by atoms with Crippen LogP contribution in [0.15, 0.2) is 35.3 Å². The molecular weight excluding hydrogens is 244 g/mol. The third-order valence-corrected chi connectivity index (χ3v) is 2.68. The van der Waals surface area contributed by atoms with Crippen molar-refractivity contribution in [3.05, 3.63) is 61.7 Å². The molecule has 0 radical (unpaired) electrons. The Morgan fingerprint density at radius 2 is 1.94 bits per heavy atom. The first kappa shape index (κ1) is 11.1. The summed E-state index contributed by atoms with van der Waals surface area (Å²) in [5.74, 6) is 0. The van der Waals surface area contributed by atoms with Gasteiger partial charge in [-0.2, -0.15) is 0 Å². The van der Waals surface area contributed by atoms with E-state index in [0.29, 0.717) is 21.8 Å². The van der Waals surface area contributed by atoms with Gasteiger partial charge in [0.1, 0.15) is 0 Å². The fraction of sp³-hybridized carbons (Fsp3) is 0.0909. The lowest BCUT2D eigenvalue weighted by Crippen LogP contribution is -2.13. The lowest BCUT2D eigenvalue weighted by atomic mass is 10.1. The third kappa shape index (κ3) is 2.59. The second-order valence-electron chi connectivity index (χ2n) is 3.40. The smallest absolute Gasteiger partial charge is 0.255 e. The van der Waals surface area contributed by atoms with E-state index in [4.69, 9.17) is 23.8 Å². The van der Waals surface area contributed by atoms with E-state index in [2.05, 4.69) is 9.97 Å². The van der Waals surface area contributed by atoms with Gasteiger partial charge in [-0.3, -0.25) is 9.78 Å². The standard InChI is InChI=1S/C11H9ClN2OS/c12-9-3-1-7(2-4-9)5-8-6-13-11(16)14-10(8)15/h1-4,6H,5H2,(H2,13,14,15,16). The van der Waals surface area contributed by atoms with E-state index in [0.717, 1.165) is 5.56 Å². The monoisotopic (exact) mass is 252 g/mol. The molecule has 0 aliphatic rings. The van der Waals surface area contributed by atoms with Gasteiger partial charge >= 0.3 is 0 Å². The highest BCUT2D eigenvalue weighted by Crippen LogP contribution is 2.11. The van der Waals surface area contributed by atoms with E-state index >= 15 is 0 Å². The van der Waals surface area contributed by atoms with Crippen molar-refractivity contribution in [3.63, 3.8) is 0 Å². The molecule has 3 nitrogen and oxygen atoms in total. The molecular formula is C11H9ClN2OS. The van der Waals surface area contributed by atoms with Crippen LogP contribution in [0, 0.1) is 4.77 Å². The maximum absolute atomic E-state index is 11.5. The summed E-state index contributed by atoms with van der Waals surface area (Å²) in [4.78, 5) is 16.9. The Morgan fingerprint density at radius 1 is 1.25 bits per heavy atom. The Kier molecular flexibility index (Phi) is 3.22. The van der Waals surface area contributed by atoms with Crippen LogP contribution in [0.2, 0.25) is 5.02 Å². The maximum atomic E-state index is 11.5. The first-order chi connectivity index (χ1) is 7.65. The molecule has 0 bridgehead atoms. The van der Waals surface area contributed by atoms with Crippen molar-refractivity contribution in [1.29, 1.82) is 0 Å². The van der Waals surface area contributed by atoms with Gasteiger partial charge in [0.15, 0.2) is 4.77 Å². The van der Waals surface area contributed by atoms with Crippen molar-refractivity contribution >= 4 is 23.8 Å². The fourth-order valence-corrected chi connectivity index (χ4v) is 1.67. The van der Waals surface area contributed by atoms with Gasteiger partial charge in [-0.05, 0) is 29.9 Å². The Hall–Kier alpha value is -1.39. The summed E-state index contributed by atoms with van der Waals surface area (Å²) in [5.41, 5.74) is 1.52. The van der Waals surface area contributed by atoms with Crippen LogP contribution in [0.4, 0.5) is 0 Å². The molecule has 2 N–H and O–H groups in total. The molecule has 0 aliphatic heterocycles. The predicted octanol–water partition coefficient (Wildman–Crippen LogP) is 2.68. The molecule has 0 spiro atoms. The number of halogens is 1.